The standard InChI is InChI=1S/C12H17NO/c1-9(2)10-4-3-5-11(6-10)14-12-7-13-8-12/h3-6,9,12-13H,7-8H2,1-2H3. The molecule has 76 valence electrons. The van der Waals surface area contributed by atoms with Crippen molar-refractivity contribution < 1.29 is 4.74 Å². The molecule has 0 aliphatic carbocycles. The highest BCUT2D eigenvalue weighted by Crippen LogP contribution is 2.21. The molecule has 0 spiro atoms. The fourth-order valence-electron chi connectivity index (χ4n) is 1.48. The Bertz CT molecular complexity index is 305. The molecule has 1 N–H and O–H groups in total. The Morgan fingerprint density at radius 3 is 2.71 bits per heavy atom. The van der Waals surface area contributed by atoms with Crippen LogP contribution in [0.5, 0.6) is 5.75 Å². The van der Waals surface area contributed by atoms with E-state index in [4.69, 9.17) is 4.74 Å². The minimum Gasteiger partial charge on any atom is -0.488 e. The Labute approximate surface area is 85.3 Å². The number of hydrogen-bond donors (Lipinski definition) is 1. The number of hydrogen-bond acceptors (Lipinski definition) is 2. The van der Waals surface area contributed by atoms with Crippen LogP contribution in [0.1, 0.15) is 25.3 Å². The summed E-state index contributed by atoms with van der Waals surface area (Å²) >= 11 is 0. The molecule has 0 saturated carbocycles. The van der Waals surface area contributed by atoms with Crippen molar-refractivity contribution in [3.8, 4) is 5.75 Å². The third-order valence-corrected chi connectivity index (χ3v) is 2.57. The lowest BCUT2D eigenvalue weighted by Gasteiger charge is -2.28. The highest BCUT2D eigenvalue weighted by atomic mass is 16.5. The number of nitrogens with one attached hydrogen (secondary N) is 1. The topological polar surface area (TPSA) is 21.3 Å². The Morgan fingerprint density at radius 2 is 2.14 bits per heavy atom. The fraction of sp³-hybridized carbons (Fsp3) is 0.500. The Morgan fingerprint density at radius 1 is 1.36 bits per heavy atom. The van der Waals surface area contributed by atoms with Crippen molar-refractivity contribution in [2.24, 2.45) is 0 Å². The normalized spacial score (nSPS) is 16.8. The average Bonchev–Trinajstić information content (AvgIpc) is 2.12. The molecule has 1 aliphatic heterocycles. The fourth-order valence-corrected chi connectivity index (χ4v) is 1.48. The largest absolute Gasteiger partial charge is 0.488 e. The van der Waals surface area contributed by atoms with Gasteiger partial charge in [-0.05, 0) is 23.6 Å². The van der Waals surface area contributed by atoms with E-state index in [2.05, 4.69) is 37.4 Å². The first kappa shape index (κ1) is 9.53. The summed E-state index contributed by atoms with van der Waals surface area (Å²) in [5, 5.41) is 3.19. The van der Waals surface area contributed by atoms with Crippen molar-refractivity contribution in [2.45, 2.75) is 25.9 Å². The Hall–Kier alpha value is -1.02. The van der Waals surface area contributed by atoms with Gasteiger partial charge in [0.1, 0.15) is 11.9 Å². The molecule has 1 fully saturated rings. The summed E-state index contributed by atoms with van der Waals surface area (Å²) in [4.78, 5) is 0. The lowest BCUT2D eigenvalue weighted by atomic mass is 10.0. The third-order valence-electron chi connectivity index (χ3n) is 2.57. The molecule has 1 aromatic rings. The monoisotopic (exact) mass is 191 g/mol. The van der Waals surface area contributed by atoms with Crippen LogP contribution >= 0.6 is 0 Å². The van der Waals surface area contributed by atoms with Gasteiger partial charge >= 0.3 is 0 Å². The zero-order valence-electron chi connectivity index (χ0n) is 8.79. The number of rotatable bonds is 3. The molecular weight excluding hydrogens is 174 g/mol. The summed E-state index contributed by atoms with van der Waals surface area (Å²) in [6.07, 6.45) is 0.373. The van der Waals surface area contributed by atoms with Crippen LogP contribution in [0, 0.1) is 0 Å². The Kier molecular flexibility index (Phi) is 2.73. The zero-order valence-corrected chi connectivity index (χ0v) is 8.79. The average molecular weight is 191 g/mol. The predicted octanol–water partition coefficient (Wildman–Crippen LogP) is 2.16. The van der Waals surface area contributed by atoms with Gasteiger partial charge in [-0.3, -0.25) is 0 Å². The van der Waals surface area contributed by atoms with E-state index in [1.54, 1.807) is 0 Å². The maximum absolute atomic E-state index is 5.78. The molecule has 0 amide bonds. The van der Waals surface area contributed by atoms with Gasteiger partial charge in [-0.1, -0.05) is 26.0 Å². The van der Waals surface area contributed by atoms with Crippen LogP contribution in [0.15, 0.2) is 24.3 Å². The molecule has 2 nitrogen and oxygen atoms in total. The number of ether oxygens (including phenoxy) is 1. The molecule has 1 saturated heterocycles. The molecule has 2 heteroatoms. The molecule has 0 bridgehead atoms. The second kappa shape index (κ2) is 4.01. The minimum absolute atomic E-state index is 0.373. The SMILES string of the molecule is CC(C)c1cccc(OC2CNC2)c1. The van der Waals surface area contributed by atoms with E-state index >= 15 is 0 Å². The molecule has 0 radical (unpaired) electrons. The van der Waals surface area contributed by atoms with Crippen LogP contribution in [0.3, 0.4) is 0 Å². The molecule has 2 rings (SSSR count). The van der Waals surface area contributed by atoms with Gasteiger partial charge in [-0.25, -0.2) is 0 Å². The molecule has 14 heavy (non-hydrogen) atoms. The highest BCUT2D eigenvalue weighted by molar-refractivity contribution is 5.30. The van der Waals surface area contributed by atoms with Crippen LogP contribution in [-0.2, 0) is 0 Å². The van der Waals surface area contributed by atoms with Crippen molar-refractivity contribution in [3.05, 3.63) is 29.8 Å². The van der Waals surface area contributed by atoms with Gasteiger partial charge < -0.3 is 10.1 Å². The highest BCUT2D eigenvalue weighted by Gasteiger charge is 2.18. The third kappa shape index (κ3) is 2.07. The molecule has 0 unspecified atom stereocenters. The van der Waals surface area contributed by atoms with E-state index in [0.717, 1.165) is 18.8 Å². The first-order valence-electron chi connectivity index (χ1n) is 5.23. The number of benzene rings is 1. The maximum Gasteiger partial charge on any atom is 0.123 e. The quantitative estimate of drug-likeness (QED) is 0.790. The summed E-state index contributed by atoms with van der Waals surface area (Å²) in [6.45, 7) is 6.35. The van der Waals surface area contributed by atoms with Crippen LogP contribution in [-0.4, -0.2) is 19.2 Å². The summed E-state index contributed by atoms with van der Waals surface area (Å²) in [5.41, 5.74) is 1.34. The molecule has 0 atom stereocenters. The van der Waals surface area contributed by atoms with Gasteiger partial charge in [0.15, 0.2) is 0 Å². The van der Waals surface area contributed by atoms with Gasteiger partial charge in [-0.15, -0.1) is 0 Å². The minimum atomic E-state index is 0.373. The van der Waals surface area contributed by atoms with E-state index in [1.807, 2.05) is 6.07 Å². The van der Waals surface area contributed by atoms with Gasteiger partial charge in [0.05, 0.1) is 0 Å². The second-order valence-corrected chi connectivity index (χ2v) is 4.13. The van der Waals surface area contributed by atoms with E-state index in [1.165, 1.54) is 5.56 Å². The van der Waals surface area contributed by atoms with Crippen molar-refractivity contribution in [1.82, 2.24) is 5.32 Å². The van der Waals surface area contributed by atoms with Crippen molar-refractivity contribution in [3.63, 3.8) is 0 Å². The van der Waals surface area contributed by atoms with Gasteiger partial charge in [0.25, 0.3) is 0 Å². The van der Waals surface area contributed by atoms with Crippen molar-refractivity contribution in [1.29, 1.82) is 0 Å². The summed E-state index contributed by atoms with van der Waals surface area (Å²) in [7, 11) is 0. The van der Waals surface area contributed by atoms with E-state index in [9.17, 15) is 0 Å². The smallest absolute Gasteiger partial charge is 0.123 e. The van der Waals surface area contributed by atoms with Crippen molar-refractivity contribution in [2.75, 3.05) is 13.1 Å². The molecular formula is C12H17NO. The maximum atomic E-state index is 5.78. The summed E-state index contributed by atoms with van der Waals surface area (Å²) < 4.78 is 5.78. The van der Waals surface area contributed by atoms with E-state index in [-0.39, 0.29) is 0 Å². The lowest BCUT2D eigenvalue weighted by molar-refractivity contribution is 0.142. The first-order valence-corrected chi connectivity index (χ1v) is 5.23. The van der Waals surface area contributed by atoms with Crippen LogP contribution in [0.2, 0.25) is 0 Å². The van der Waals surface area contributed by atoms with Gasteiger partial charge in [0.2, 0.25) is 0 Å². The van der Waals surface area contributed by atoms with Gasteiger partial charge in [0, 0.05) is 13.1 Å². The summed E-state index contributed by atoms with van der Waals surface area (Å²) in [6, 6.07) is 8.39. The van der Waals surface area contributed by atoms with Crippen molar-refractivity contribution >= 4 is 0 Å². The van der Waals surface area contributed by atoms with Crippen LogP contribution in [0.25, 0.3) is 0 Å². The predicted molar refractivity (Wildman–Crippen MR) is 57.8 cm³/mol. The second-order valence-electron chi connectivity index (χ2n) is 4.13. The molecule has 1 heterocycles. The zero-order chi connectivity index (χ0) is 9.97. The van der Waals surface area contributed by atoms with Crippen LogP contribution < -0.4 is 10.1 Å². The van der Waals surface area contributed by atoms with Gasteiger partial charge in [-0.2, -0.15) is 0 Å². The lowest BCUT2D eigenvalue weighted by Crippen LogP contribution is -2.50. The summed E-state index contributed by atoms with van der Waals surface area (Å²) in [5.74, 6) is 1.57. The Balaban J connectivity index is 2.05. The van der Waals surface area contributed by atoms with Crippen LogP contribution in [0.4, 0.5) is 0 Å². The van der Waals surface area contributed by atoms with E-state index in [0.29, 0.717) is 12.0 Å². The first-order chi connectivity index (χ1) is 6.75. The molecule has 1 aliphatic rings. The molecule has 1 aromatic carbocycles. The van der Waals surface area contributed by atoms with E-state index < -0.39 is 0 Å². The molecule has 0 aromatic heterocycles.